The lowest BCUT2D eigenvalue weighted by atomic mass is 10.0. The Labute approximate surface area is 83.9 Å². The third-order valence-electron chi connectivity index (χ3n) is 2.11. The molecule has 0 radical (unpaired) electrons. The second kappa shape index (κ2) is 4.42. The van der Waals surface area contributed by atoms with Gasteiger partial charge in [0, 0.05) is 6.04 Å². The van der Waals surface area contributed by atoms with Gasteiger partial charge in [-0.3, -0.25) is 0 Å². The van der Waals surface area contributed by atoms with Gasteiger partial charge in [0.2, 0.25) is 0 Å². The van der Waals surface area contributed by atoms with Gasteiger partial charge in [-0.05, 0) is 43.5 Å². The molecule has 1 atom stereocenters. The normalized spacial score (nSPS) is 12.6. The van der Waals surface area contributed by atoms with E-state index in [1.165, 1.54) is 6.07 Å². The molecule has 0 amide bonds. The van der Waals surface area contributed by atoms with E-state index in [1.807, 2.05) is 13.8 Å². The minimum Gasteiger partial charge on any atom is -0.496 e. The zero-order valence-electron chi connectivity index (χ0n) is 8.80. The smallest absolute Gasteiger partial charge is 0.126 e. The summed E-state index contributed by atoms with van der Waals surface area (Å²) in [6.45, 7) is 3.67. The number of nitrogens with two attached hydrogens (primary N) is 1. The van der Waals surface area contributed by atoms with Crippen molar-refractivity contribution in [3.05, 3.63) is 29.1 Å². The molecule has 0 saturated heterocycles. The first-order valence-corrected chi connectivity index (χ1v) is 4.63. The molecule has 0 fully saturated rings. The second-order valence-corrected chi connectivity index (χ2v) is 3.59. The van der Waals surface area contributed by atoms with Crippen LogP contribution in [-0.4, -0.2) is 13.2 Å². The van der Waals surface area contributed by atoms with Gasteiger partial charge in [0.25, 0.3) is 0 Å². The fourth-order valence-electron chi connectivity index (χ4n) is 1.42. The largest absolute Gasteiger partial charge is 0.496 e. The molecular weight excluding hydrogens is 181 g/mol. The Morgan fingerprint density at radius 1 is 1.50 bits per heavy atom. The van der Waals surface area contributed by atoms with E-state index < -0.39 is 0 Å². The van der Waals surface area contributed by atoms with Crippen molar-refractivity contribution in [1.82, 2.24) is 0 Å². The molecule has 0 aliphatic heterocycles. The van der Waals surface area contributed by atoms with Crippen LogP contribution in [0.2, 0.25) is 0 Å². The van der Waals surface area contributed by atoms with Crippen LogP contribution in [0.4, 0.5) is 4.39 Å². The third-order valence-corrected chi connectivity index (χ3v) is 2.11. The molecule has 0 aliphatic carbocycles. The predicted octanol–water partition coefficient (Wildman–Crippen LogP) is 2.03. The van der Waals surface area contributed by atoms with Crippen molar-refractivity contribution in [2.45, 2.75) is 26.3 Å². The number of methoxy groups -OCH3 is 1. The Bertz CT molecular complexity index is 323. The van der Waals surface area contributed by atoms with Gasteiger partial charge in [0.15, 0.2) is 0 Å². The molecule has 1 aromatic carbocycles. The molecule has 0 saturated carbocycles. The van der Waals surface area contributed by atoms with E-state index >= 15 is 0 Å². The van der Waals surface area contributed by atoms with Crippen molar-refractivity contribution in [1.29, 1.82) is 0 Å². The molecule has 0 heterocycles. The van der Waals surface area contributed by atoms with E-state index in [1.54, 1.807) is 13.2 Å². The zero-order chi connectivity index (χ0) is 10.7. The van der Waals surface area contributed by atoms with Gasteiger partial charge in [-0.15, -0.1) is 0 Å². The van der Waals surface area contributed by atoms with Crippen LogP contribution in [0.5, 0.6) is 5.75 Å². The van der Waals surface area contributed by atoms with Crippen molar-refractivity contribution >= 4 is 0 Å². The summed E-state index contributed by atoms with van der Waals surface area (Å²) in [4.78, 5) is 0. The number of hydrogen-bond acceptors (Lipinski definition) is 2. The molecule has 0 aliphatic rings. The molecule has 1 aromatic rings. The molecular formula is C11H16FNO. The number of rotatable bonds is 3. The molecule has 1 rings (SSSR count). The highest BCUT2D eigenvalue weighted by molar-refractivity contribution is 5.37. The summed E-state index contributed by atoms with van der Waals surface area (Å²) in [5.41, 5.74) is 7.03. The summed E-state index contributed by atoms with van der Waals surface area (Å²) >= 11 is 0. The predicted molar refractivity (Wildman–Crippen MR) is 55.0 cm³/mol. The van der Waals surface area contributed by atoms with E-state index in [0.29, 0.717) is 17.7 Å². The van der Waals surface area contributed by atoms with Crippen molar-refractivity contribution in [3.63, 3.8) is 0 Å². The number of aryl methyl sites for hydroxylation is 1. The summed E-state index contributed by atoms with van der Waals surface area (Å²) in [6, 6.07) is 3.15. The topological polar surface area (TPSA) is 35.2 Å². The fraction of sp³-hybridized carbons (Fsp3) is 0.455. The van der Waals surface area contributed by atoms with Crippen molar-refractivity contribution < 1.29 is 9.13 Å². The minimum atomic E-state index is -0.208. The van der Waals surface area contributed by atoms with Gasteiger partial charge < -0.3 is 10.5 Å². The average Bonchev–Trinajstić information content (AvgIpc) is 2.09. The molecule has 0 bridgehead atoms. The monoisotopic (exact) mass is 197 g/mol. The molecule has 78 valence electrons. The number of halogens is 1. The van der Waals surface area contributed by atoms with Crippen LogP contribution in [0, 0.1) is 12.7 Å². The molecule has 0 spiro atoms. The Balaban J connectivity index is 3.04. The molecule has 3 heteroatoms. The van der Waals surface area contributed by atoms with Crippen molar-refractivity contribution in [2.75, 3.05) is 7.11 Å². The maximum atomic E-state index is 13.4. The number of ether oxygens (including phenoxy) is 1. The molecule has 2 nitrogen and oxygen atoms in total. The Morgan fingerprint density at radius 2 is 2.14 bits per heavy atom. The van der Waals surface area contributed by atoms with Gasteiger partial charge >= 0.3 is 0 Å². The van der Waals surface area contributed by atoms with E-state index in [-0.39, 0.29) is 11.9 Å². The Kier molecular flexibility index (Phi) is 3.47. The first kappa shape index (κ1) is 11.0. The Morgan fingerprint density at radius 3 is 2.64 bits per heavy atom. The zero-order valence-corrected chi connectivity index (χ0v) is 8.80. The summed E-state index contributed by atoms with van der Waals surface area (Å²) < 4.78 is 18.5. The van der Waals surface area contributed by atoms with Crippen LogP contribution in [-0.2, 0) is 6.42 Å². The summed E-state index contributed by atoms with van der Waals surface area (Å²) in [7, 11) is 1.58. The van der Waals surface area contributed by atoms with E-state index in [0.717, 1.165) is 5.56 Å². The van der Waals surface area contributed by atoms with Gasteiger partial charge in [0.1, 0.15) is 11.6 Å². The minimum absolute atomic E-state index is 0.0445. The summed E-state index contributed by atoms with van der Waals surface area (Å²) in [5.74, 6) is 0.502. The Hall–Kier alpha value is -1.09. The number of hydrogen-bond donors (Lipinski definition) is 1. The quantitative estimate of drug-likeness (QED) is 0.804. The van der Waals surface area contributed by atoms with Gasteiger partial charge in [0.05, 0.1) is 7.11 Å². The lowest BCUT2D eigenvalue weighted by Gasteiger charge is -2.10. The SMILES string of the molecule is COc1cc(CC(C)N)c(F)cc1C. The molecule has 0 aromatic heterocycles. The van der Waals surface area contributed by atoms with Crippen LogP contribution in [0.25, 0.3) is 0 Å². The first-order valence-electron chi connectivity index (χ1n) is 4.63. The maximum Gasteiger partial charge on any atom is 0.126 e. The average molecular weight is 197 g/mol. The molecule has 14 heavy (non-hydrogen) atoms. The van der Waals surface area contributed by atoms with Crippen molar-refractivity contribution in [3.8, 4) is 5.75 Å². The van der Waals surface area contributed by atoms with Gasteiger partial charge in [-0.25, -0.2) is 4.39 Å². The highest BCUT2D eigenvalue weighted by Gasteiger charge is 2.08. The molecule has 2 N–H and O–H groups in total. The van der Waals surface area contributed by atoms with Crippen molar-refractivity contribution in [2.24, 2.45) is 5.73 Å². The van der Waals surface area contributed by atoms with Crippen LogP contribution < -0.4 is 10.5 Å². The summed E-state index contributed by atoms with van der Waals surface area (Å²) in [6.07, 6.45) is 0.530. The fourth-order valence-corrected chi connectivity index (χ4v) is 1.42. The van der Waals surface area contributed by atoms with Crippen LogP contribution in [0.1, 0.15) is 18.1 Å². The van der Waals surface area contributed by atoms with Crippen LogP contribution >= 0.6 is 0 Å². The molecule has 1 unspecified atom stereocenters. The maximum absolute atomic E-state index is 13.4. The standard InChI is InChI=1S/C11H16FNO/c1-7-4-10(12)9(5-8(2)13)6-11(7)14-3/h4,6,8H,5,13H2,1-3H3. The van der Waals surface area contributed by atoms with Crippen LogP contribution in [0.15, 0.2) is 12.1 Å². The highest BCUT2D eigenvalue weighted by atomic mass is 19.1. The third kappa shape index (κ3) is 2.45. The lowest BCUT2D eigenvalue weighted by Crippen LogP contribution is -2.18. The van der Waals surface area contributed by atoms with E-state index in [2.05, 4.69) is 0 Å². The number of benzene rings is 1. The highest BCUT2D eigenvalue weighted by Crippen LogP contribution is 2.22. The van der Waals surface area contributed by atoms with E-state index in [9.17, 15) is 4.39 Å². The van der Waals surface area contributed by atoms with Gasteiger partial charge in [-0.2, -0.15) is 0 Å². The lowest BCUT2D eigenvalue weighted by molar-refractivity contribution is 0.409. The second-order valence-electron chi connectivity index (χ2n) is 3.59. The van der Waals surface area contributed by atoms with Gasteiger partial charge in [-0.1, -0.05) is 0 Å². The first-order chi connectivity index (χ1) is 6.54. The van der Waals surface area contributed by atoms with Crippen LogP contribution in [0.3, 0.4) is 0 Å². The van der Waals surface area contributed by atoms with E-state index in [4.69, 9.17) is 10.5 Å². The summed E-state index contributed by atoms with van der Waals surface area (Å²) in [5, 5.41) is 0.